The molecule has 1 N–H and O–H groups in total. The molecule has 112 valence electrons. The Hall–Kier alpha value is -1.39. The lowest BCUT2D eigenvalue weighted by Gasteiger charge is -2.23. The number of benzene rings is 1. The maximum Gasteiger partial charge on any atom is 0.224 e. The highest BCUT2D eigenvalue weighted by atomic mass is 16.5. The van der Waals surface area contributed by atoms with Gasteiger partial charge in [-0.25, -0.2) is 0 Å². The fraction of sp³-hybridized carbons (Fsp3) is 0.562. The van der Waals surface area contributed by atoms with Gasteiger partial charge in [0.15, 0.2) is 0 Å². The summed E-state index contributed by atoms with van der Waals surface area (Å²) < 4.78 is 5.09. The fourth-order valence-electron chi connectivity index (χ4n) is 1.92. The maximum absolute atomic E-state index is 12.3. The van der Waals surface area contributed by atoms with Gasteiger partial charge in [0.05, 0.1) is 6.61 Å². The molecule has 0 aliphatic heterocycles. The number of carbonyl (C=O) groups excluding carboxylic acids is 1. The van der Waals surface area contributed by atoms with Gasteiger partial charge in [-0.2, -0.15) is 0 Å². The summed E-state index contributed by atoms with van der Waals surface area (Å²) in [6.45, 7) is 6.72. The Balaban J connectivity index is 2.52. The van der Waals surface area contributed by atoms with E-state index in [-0.39, 0.29) is 5.91 Å². The molecule has 0 radical (unpaired) electrons. The number of rotatable bonds is 9. The first-order chi connectivity index (χ1) is 9.63. The van der Waals surface area contributed by atoms with Gasteiger partial charge in [0.25, 0.3) is 0 Å². The van der Waals surface area contributed by atoms with Gasteiger partial charge in [-0.05, 0) is 5.56 Å². The molecule has 0 aromatic heterocycles. The Kier molecular flexibility index (Phi) is 7.92. The van der Waals surface area contributed by atoms with Crippen LogP contribution in [0.15, 0.2) is 30.3 Å². The zero-order valence-electron chi connectivity index (χ0n) is 12.8. The molecule has 1 aromatic carbocycles. The lowest BCUT2D eigenvalue weighted by Crippen LogP contribution is -2.36. The third kappa shape index (κ3) is 6.68. The first-order valence-corrected chi connectivity index (χ1v) is 7.17. The third-order valence-corrected chi connectivity index (χ3v) is 3.03. The summed E-state index contributed by atoms with van der Waals surface area (Å²) in [6.07, 6.45) is 0.523. The maximum atomic E-state index is 12.3. The van der Waals surface area contributed by atoms with Gasteiger partial charge >= 0.3 is 0 Å². The average molecular weight is 278 g/mol. The van der Waals surface area contributed by atoms with Crippen LogP contribution in [0.5, 0.6) is 0 Å². The second kappa shape index (κ2) is 9.50. The smallest absolute Gasteiger partial charge is 0.224 e. The minimum absolute atomic E-state index is 0.166. The lowest BCUT2D eigenvalue weighted by molar-refractivity contribution is -0.132. The molecule has 1 rings (SSSR count). The predicted octanol–water partition coefficient (Wildman–Crippen LogP) is 2.05. The molecule has 1 aromatic rings. The SMILES string of the molecule is COCCN(Cc1ccccc1)C(=O)CCNC(C)C. The van der Waals surface area contributed by atoms with E-state index in [9.17, 15) is 4.79 Å². The van der Waals surface area contributed by atoms with Gasteiger partial charge in [-0.15, -0.1) is 0 Å². The van der Waals surface area contributed by atoms with Gasteiger partial charge in [0, 0.05) is 39.2 Å². The second-order valence-electron chi connectivity index (χ2n) is 5.15. The summed E-state index contributed by atoms with van der Waals surface area (Å²) in [7, 11) is 1.66. The minimum atomic E-state index is 0.166. The number of methoxy groups -OCH3 is 1. The number of nitrogens with one attached hydrogen (secondary N) is 1. The molecule has 0 aliphatic rings. The van der Waals surface area contributed by atoms with Gasteiger partial charge in [0.2, 0.25) is 5.91 Å². The van der Waals surface area contributed by atoms with Crippen LogP contribution in [0, 0.1) is 0 Å². The van der Waals surface area contributed by atoms with Gasteiger partial charge in [-0.1, -0.05) is 44.2 Å². The Morgan fingerprint density at radius 1 is 1.30 bits per heavy atom. The third-order valence-electron chi connectivity index (χ3n) is 3.03. The van der Waals surface area contributed by atoms with Gasteiger partial charge in [-0.3, -0.25) is 4.79 Å². The normalized spacial score (nSPS) is 10.8. The molecule has 0 bridgehead atoms. The quantitative estimate of drug-likeness (QED) is 0.751. The molecule has 0 spiro atoms. The fourth-order valence-corrected chi connectivity index (χ4v) is 1.92. The monoisotopic (exact) mass is 278 g/mol. The summed E-state index contributed by atoms with van der Waals surface area (Å²) in [6, 6.07) is 10.5. The van der Waals surface area contributed by atoms with Crippen LogP contribution in [0.2, 0.25) is 0 Å². The Bertz CT molecular complexity index is 379. The molecule has 4 heteroatoms. The average Bonchev–Trinajstić information content (AvgIpc) is 2.44. The van der Waals surface area contributed by atoms with Crippen molar-refractivity contribution in [2.45, 2.75) is 32.9 Å². The van der Waals surface area contributed by atoms with Crippen LogP contribution in [-0.2, 0) is 16.1 Å². The molecule has 0 aliphatic carbocycles. The van der Waals surface area contributed by atoms with Crippen molar-refractivity contribution in [1.82, 2.24) is 10.2 Å². The van der Waals surface area contributed by atoms with Crippen molar-refractivity contribution < 1.29 is 9.53 Å². The molecule has 0 fully saturated rings. The predicted molar refractivity (Wildman–Crippen MR) is 81.5 cm³/mol. The van der Waals surface area contributed by atoms with Crippen LogP contribution < -0.4 is 5.32 Å². The van der Waals surface area contributed by atoms with Crippen LogP contribution in [-0.4, -0.2) is 43.7 Å². The van der Waals surface area contributed by atoms with Crippen molar-refractivity contribution in [3.05, 3.63) is 35.9 Å². The zero-order valence-corrected chi connectivity index (χ0v) is 12.8. The minimum Gasteiger partial charge on any atom is -0.383 e. The Labute approximate surface area is 122 Å². The number of amides is 1. The zero-order chi connectivity index (χ0) is 14.8. The first kappa shape index (κ1) is 16.7. The van der Waals surface area contributed by atoms with Crippen molar-refractivity contribution in [3.63, 3.8) is 0 Å². The topological polar surface area (TPSA) is 41.6 Å². The largest absolute Gasteiger partial charge is 0.383 e. The van der Waals surface area contributed by atoms with E-state index in [2.05, 4.69) is 19.2 Å². The number of ether oxygens (including phenoxy) is 1. The Morgan fingerprint density at radius 3 is 2.60 bits per heavy atom. The standard InChI is InChI=1S/C16H26N2O2/c1-14(2)17-10-9-16(19)18(11-12-20-3)13-15-7-5-4-6-8-15/h4-8,14,17H,9-13H2,1-3H3. The summed E-state index contributed by atoms with van der Waals surface area (Å²) in [4.78, 5) is 14.1. The van der Waals surface area contributed by atoms with Gasteiger partial charge in [0.1, 0.15) is 0 Å². The highest BCUT2D eigenvalue weighted by molar-refractivity contribution is 5.76. The molecule has 0 unspecified atom stereocenters. The van der Waals surface area contributed by atoms with Crippen molar-refractivity contribution >= 4 is 5.91 Å². The molecule has 0 atom stereocenters. The second-order valence-corrected chi connectivity index (χ2v) is 5.15. The summed E-state index contributed by atoms with van der Waals surface area (Å²) in [5.74, 6) is 0.166. The van der Waals surface area contributed by atoms with E-state index in [0.29, 0.717) is 32.2 Å². The van der Waals surface area contributed by atoms with Crippen molar-refractivity contribution in [2.24, 2.45) is 0 Å². The van der Waals surface area contributed by atoms with E-state index in [1.54, 1.807) is 7.11 Å². The van der Waals surface area contributed by atoms with E-state index < -0.39 is 0 Å². The van der Waals surface area contributed by atoms with E-state index in [4.69, 9.17) is 4.74 Å². The molecule has 1 amide bonds. The molecular formula is C16H26N2O2. The number of hydrogen-bond acceptors (Lipinski definition) is 3. The first-order valence-electron chi connectivity index (χ1n) is 7.17. The molecular weight excluding hydrogens is 252 g/mol. The molecule has 0 heterocycles. The molecule has 20 heavy (non-hydrogen) atoms. The summed E-state index contributed by atoms with van der Waals surface area (Å²) >= 11 is 0. The van der Waals surface area contributed by atoms with Gasteiger partial charge < -0.3 is 15.0 Å². The molecule has 0 saturated carbocycles. The van der Waals surface area contributed by atoms with Crippen molar-refractivity contribution in [2.75, 3.05) is 26.8 Å². The van der Waals surface area contributed by atoms with Crippen LogP contribution in [0.25, 0.3) is 0 Å². The lowest BCUT2D eigenvalue weighted by atomic mass is 10.2. The number of carbonyl (C=O) groups is 1. The van der Waals surface area contributed by atoms with Crippen molar-refractivity contribution in [3.8, 4) is 0 Å². The highest BCUT2D eigenvalue weighted by Gasteiger charge is 2.13. The highest BCUT2D eigenvalue weighted by Crippen LogP contribution is 2.06. The van der Waals surface area contributed by atoms with Crippen molar-refractivity contribution in [1.29, 1.82) is 0 Å². The number of hydrogen-bond donors (Lipinski definition) is 1. The van der Waals surface area contributed by atoms with E-state index in [0.717, 1.165) is 12.1 Å². The van der Waals surface area contributed by atoms with Crippen LogP contribution in [0.3, 0.4) is 0 Å². The summed E-state index contributed by atoms with van der Waals surface area (Å²) in [5, 5.41) is 3.27. The Morgan fingerprint density at radius 2 is 2.00 bits per heavy atom. The van der Waals surface area contributed by atoms with Crippen LogP contribution >= 0.6 is 0 Å². The van der Waals surface area contributed by atoms with E-state index >= 15 is 0 Å². The summed E-state index contributed by atoms with van der Waals surface area (Å²) in [5.41, 5.74) is 1.15. The molecule has 4 nitrogen and oxygen atoms in total. The number of nitrogens with zero attached hydrogens (tertiary/aromatic N) is 1. The van der Waals surface area contributed by atoms with E-state index in [1.165, 1.54) is 0 Å². The molecule has 0 saturated heterocycles. The van der Waals surface area contributed by atoms with E-state index in [1.807, 2.05) is 35.2 Å². The van der Waals surface area contributed by atoms with Crippen LogP contribution in [0.1, 0.15) is 25.8 Å². The van der Waals surface area contributed by atoms with Crippen LogP contribution in [0.4, 0.5) is 0 Å².